The molecule has 0 saturated heterocycles. The second kappa shape index (κ2) is 11.0. The summed E-state index contributed by atoms with van der Waals surface area (Å²) in [6.45, 7) is 4.23. The molecule has 30 heavy (non-hydrogen) atoms. The zero-order valence-electron chi connectivity index (χ0n) is 16.9. The summed E-state index contributed by atoms with van der Waals surface area (Å²) >= 11 is 0. The lowest BCUT2D eigenvalue weighted by Crippen LogP contribution is -2.24. The van der Waals surface area contributed by atoms with Gasteiger partial charge in [0.2, 0.25) is 0 Å². The van der Waals surface area contributed by atoms with Crippen LogP contribution in [-0.4, -0.2) is 22.5 Å². The predicted molar refractivity (Wildman–Crippen MR) is 116 cm³/mol. The zero-order valence-corrected chi connectivity index (χ0v) is 16.9. The van der Waals surface area contributed by atoms with Crippen LogP contribution in [0.1, 0.15) is 48.2 Å². The summed E-state index contributed by atoms with van der Waals surface area (Å²) in [5, 5.41) is 2.72. The molecule has 2 aromatic heterocycles. The summed E-state index contributed by atoms with van der Waals surface area (Å²) in [5.41, 5.74) is 1.98. The maximum atomic E-state index is 14.7. The van der Waals surface area contributed by atoms with E-state index in [1.807, 2.05) is 6.08 Å². The van der Waals surface area contributed by atoms with Gasteiger partial charge in [-0.3, -0.25) is 9.78 Å². The van der Waals surface area contributed by atoms with Crippen LogP contribution >= 0.6 is 0 Å². The molecule has 3 rings (SSSR count). The average Bonchev–Trinajstić information content (AvgIpc) is 2.78. The Morgan fingerprint density at radius 3 is 2.80 bits per heavy atom. The van der Waals surface area contributed by atoms with E-state index in [0.717, 1.165) is 32.1 Å². The molecule has 0 bridgehead atoms. The van der Waals surface area contributed by atoms with Crippen molar-refractivity contribution in [1.29, 1.82) is 0 Å². The van der Waals surface area contributed by atoms with E-state index in [1.165, 1.54) is 0 Å². The number of fused-ring (bicyclic) bond motifs is 1. The standard InChI is InChI=1S/C24H26FN3O2/c1-2-3-4-5-6-7-16-30-22-12-8-10-18(23(22)25)17-27-24(29)21-14-13-19-20(28-21)11-9-15-26-19/h2,8-15H,1,3-7,16-17H2,(H,27,29). The lowest BCUT2D eigenvalue weighted by molar-refractivity contribution is 0.0946. The van der Waals surface area contributed by atoms with Gasteiger partial charge < -0.3 is 10.1 Å². The molecule has 0 atom stereocenters. The normalized spacial score (nSPS) is 10.7. The number of ether oxygens (including phenoxy) is 1. The van der Waals surface area contributed by atoms with E-state index in [0.29, 0.717) is 23.2 Å². The molecule has 0 saturated carbocycles. The Morgan fingerprint density at radius 2 is 1.93 bits per heavy atom. The van der Waals surface area contributed by atoms with Gasteiger partial charge in [0.1, 0.15) is 5.69 Å². The maximum absolute atomic E-state index is 14.7. The Labute approximate surface area is 176 Å². The number of hydrogen-bond donors (Lipinski definition) is 1. The minimum Gasteiger partial charge on any atom is -0.491 e. The number of rotatable bonds is 11. The first kappa shape index (κ1) is 21.4. The van der Waals surface area contributed by atoms with Crippen molar-refractivity contribution in [1.82, 2.24) is 15.3 Å². The molecule has 0 unspecified atom stereocenters. The summed E-state index contributed by atoms with van der Waals surface area (Å²) in [6, 6.07) is 11.9. The van der Waals surface area contributed by atoms with E-state index >= 15 is 0 Å². The van der Waals surface area contributed by atoms with Gasteiger partial charge >= 0.3 is 0 Å². The highest BCUT2D eigenvalue weighted by Crippen LogP contribution is 2.21. The number of carbonyl (C=O) groups excluding carboxylic acids is 1. The molecule has 0 fully saturated rings. The summed E-state index contributed by atoms with van der Waals surface area (Å²) < 4.78 is 20.3. The third kappa shape index (κ3) is 5.86. The lowest BCUT2D eigenvalue weighted by Gasteiger charge is -2.11. The van der Waals surface area contributed by atoms with Gasteiger partial charge in [-0.05, 0) is 49.6 Å². The van der Waals surface area contributed by atoms with Crippen molar-refractivity contribution < 1.29 is 13.9 Å². The van der Waals surface area contributed by atoms with Crippen molar-refractivity contribution in [2.75, 3.05) is 6.61 Å². The molecule has 0 aliphatic heterocycles. The van der Waals surface area contributed by atoms with Crippen molar-refractivity contribution in [2.45, 2.75) is 38.6 Å². The number of halogens is 1. The van der Waals surface area contributed by atoms with E-state index < -0.39 is 5.82 Å². The second-order valence-corrected chi connectivity index (χ2v) is 6.99. The minimum absolute atomic E-state index is 0.0518. The third-order valence-electron chi connectivity index (χ3n) is 4.73. The number of nitrogens with zero attached hydrogens (tertiary/aromatic N) is 2. The topological polar surface area (TPSA) is 64.1 Å². The van der Waals surface area contributed by atoms with Gasteiger partial charge in [-0.1, -0.05) is 31.1 Å². The molecule has 1 N–H and O–H groups in total. The smallest absolute Gasteiger partial charge is 0.270 e. The maximum Gasteiger partial charge on any atom is 0.270 e. The van der Waals surface area contributed by atoms with Crippen LogP contribution in [0, 0.1) is 5.82 Å². The van der Waals surface area contributed by atoms with E-state index in [9.17, 15) is 9.18 Å². The number of amides is 1. The molecule has 5 nitrogen and oxygen atoms in total. The quantitative estimate of drug-likeness (QED) is 0.350. The lowest BCUT2D eigenvalue weighted by atomic mass is 10.1. The van der Waals surface area contributed by atoms with Gasteiger partial charge in [-0.2, -0.15) is 0 Å². The number of aromatic nitrogens is 2. The van der Waals surface area contributed by atoms with E-state index in [-0.39, 0.29) is 23.9 Å². The molecule has 1 amide bonds. The SMILES string of the molecule is C=CCCCCCCOc1cccc(CNC(=O)c2ccc3ncccc3n2)c1F. The molecule has 0 spiro atoms. The monoisotopic (exact) mass is 407 g/mol. The van der Waals surface area contributed by atoms with E-state index in [1.54, 1.807) is 48.7 Å². The average molecular weight is 407 g/mol. The minimum atomic E-state index is -0.444. The first-order chi connectivity index (χ1) is 14.7. The summed E-state index contributed by atoms with van der Waals surface area (Å²) in [6.07, 6.45) is 8.76. The van der Waals surface area contributed by atoms with Crippen molar-refractivity contribution in [2.24, 2.45) is 0 Å². The number of pyridine rings is 2. The number of allylic oxidation sites excluding steroid dienone is 1. The predicted octanol–water partition coefficient (Wildman–Crippen LogP) is 5.21. The Morgan fingerprint density at radius 1 is 1.07 bits per heavy atom. The van der Waals surface area contributed by atoms with Crippen LogP contribution in [0.3, 0.4) is 0 Å². The highest BCUT2D eigenvalue weighted by molar-refractivity contribution is 5.94. The highest BCUT2D eigenvalue weighted by atomic mass is 19.1. The van der Waals surface area contributed by atoms with E-state index in [4.69, 9.17) is 4.74 Å². The fraction of sp³-hybridized carbons (Fsp3) is 0.292. The third-order valence-corrected chi connectivity index (χ3v) is 4.73. The van der Waals surface area contributed by atoms with Crippen LogP contribution in [0.5, 0.6) is 5.75 Å². The number of hydrogen-bond acceptors (Lipinski definition) is 4. The van der Waals surface area contributed by atoms with Crippen LogP contribution in [0.4, 0.5) is 4.39 Å². The van der Waals surface area contributed by atoms with Crippen LogP contribution in [-0.2, 0) is 6.54 Å². The van der Waals surface area contributed by atoms with Crippen molar-refractivity contribution >= 4 is 16.9 Å². The van der Waals surface area contributed by atoms with E-state index in [2.05, 4.69) is 21.9 Å². The molecule has 0 radical (unpaired) electrons. The molecular weight excluding hydrogens is 381 g/mol. The first-order valence-corrected chi connectivity index (χ1v) is 10.2. The molecule has 2 heterocycles. The number of carbonyl (C=O) groups is 1. The largest absolute Gasteiger partial charge is 0.491 e. The van der Waals surface area contributed by atoms with Gasteiger partial charge in [0, 0.05) is 18.3 Å². The zero-order chi connectivity index (χ0) is 21.2. The van der Waals surface area contributed by atoms with Gasteiger partial charge in [-0.25, -0.2) is 9.37 Å². The molecule has 0 aliphatic rings. The number of nitrogens with one attached hydrogen (secondary N) is 1. The first-order valence-electron chi connectivity index (χ1n) is 10.2. The Kier molecular flexibility index (Phi) is 7.89. The molecule has 1 aromatic carbocycles. The molecule has 6 heteroatoms. The van der Waals surface area contributed by atoms with Gasteiger partial charge in [-0.15, -0.1) is 6.58 Å². The van der Waals surface area contributed by atoms with Crippen LogP contribution in [0.25, 0.3) is 11.0 Å². The Balaban J connectivity index is 1.52. The fourth-order valence-electron chi connectivity index (χ4n) is 3.08. The number of unbranched alkanes of at least 4 members (excludes halogenated alkanes) is 4. The van der Waals surface area contributed by atoms with Crippen LogP contribution in [0.15, 0.2) is 61.3 Å². The number of benzene rings is 1. The Hall–Kier alpha value is -3.28. The molecule has 3 aromatic rings. The van der Waals surface area contributed by atoms with Gasteiger partial charge in [0.25, 0.3) is 5.91 Å². The summed E-state index contributed by atoms with van der Waals surface area (Å²) in [5.74, 6) is -0.603. The molecule has 156 valence electrons. The summed E-state index contributed by atoms with van der Waals surface area (Å²) in [7, 11) is 0. The van der Waals surface area contributed by atoms with Crippen LogP contribution in [0.2, 0.25) is 0 Å². The van der Waals surface area contributed by atoms with Gasteiger partial charge in [0.15, 0.2) is 11.6 Å². The van der Waals surface area contributed by atoms with Gasteiger partial charge in [0.05, 0.1) is 17.6 Å². The highest BCUT2D eigenvalue weighted by Gasteiger charge is 2.12. The fourth-order valence-corrected chi connectivity index (χ4v) is 3.08. The molecular formula is C24H26FN3O2. The summed E-state index contributed by atoms with van der Waals surface area (Å²) in [4.78, 5) is 20.9. The second-order valence-electron chi connectivity index (χ2n) is 6.99. The van der Waals surface area contributed by atoms with Crippen molar-refractivity contribution in [3.63, 3.8) is 0 Å². The van der Waals surface area contributed by atoms with Crippen molar-refractivity contribution in [3.05, 3.63) is 78.4 Å². The molecule has 0 aliphatic carbocycles. The Bertz CT molecular complexity index is 1010. The van der Waals surface area contributed by atoms with Crippen LogP contribution < -0.4 is 10.1 Å². The van der Waals surface area contributed by atoms with Crippen molar-refractivity contribution in [3.8, 4) is 5.75 Å².